The molecule has 3 amide bonds. The summed E-state index contributed by atoms with van der Waals surface area (Å²) in [4.78, 5) is 51.8. The molecule has 3 fully saturated rings. The molecule has 0 bridgehead atoms. The van der Waals surface area contributed by atoms with Gasteiger partial charge in [-0.15, -0.1) is 0 Å². The molecule has 42 heavy (non-hydrogen) atoms. The zero-order valence-electron chi connectivity index (χ0n) is 24.7. The van der Waals surface area contributed by atoms with Crippen LogP contribution in [0.1, 0.15) is 120 Å². The van der Waals surface area contributed by atoms with Gasteiger partial charge in [-0.2, -0.15) is 0 Å². The molecule has 0 heterocycles. The van der Waals surface area contributed by atoms with Crippen LogP contribution in [0.25, 0.3) is 0 Å². The molecule has 0 spiro atoms. The van der Waals surface area contributed by atoms with E-state index >= 15 is 0 Å². The largest absolute Gasteiger partial charge is 0.462 e. The van der Waals surface area contributed by atoms with E-state index in [-0.39, 0.29) is 47.5 Å². The summed E-state index contributed by atoms with van der Waals surface area (Å²) in [6.07, 6.45) is 12.7. The standard InChI is InChI=1S/C31H45N3O8/c1-2-18-39-28(35)21-19-25(40-29(36)32-22-12-6-3-7-13-22)27(42-31(38)34-24-16-10-5-11-17-24)26(20-21)41-30(37)33-23-14-8-4-9-15-23/h19-20,22-24H,2-18H2,1H3,(H,32,36)(H,33,37)(H,34,38). The van der Waals surface area contributed by atoms with Crippen LogP contribution in [0.15, 0.2) is 12.1 Å². The number of hydrogen-bond acceptors (Lipinski definition) is 8. The highest BCUT2D eigenvalue weighted by Crippen LogP contribution is 2.40. The Morgan fingerprint density at radius 1 is 0.619 bits per heavy atom. The number of hydrogen-bond donors (Lipinski definition) is 3. The van der Waals surface area contributed by atoms with Gasteiger partial charge in [0.05, 0.1) is 12.2 Å². The lowest BCUT2D eigenvalue weighted by Gasteiger charge is -2.24. The molecule has 1 aromatic rings. The molecule has 0 aliphatic heterocycles. The van der Waals surface area contributed by atoms with Gasteiger partial charge in [0.1, 0.15) is 0 Å². The third kappa shape index (κ3) is 9.80. The van der Waals surface area contributed by atoms with Crippen LogP contribution in [-0.2, 0) is 4.74 Å². The highest BCUT2D eigenvalue weighted by atomic mass is 16.6. The molecule has 1 aromatic carbocycles. The van der Waals surface area contributed by atoms with Crippen molar-refractivity contribution in [3.63, 3.8) is 0 Å². The quantitative estimate of drug-likeness (QED) is 0.277. The fourth-order valence-corrected chi connectivity index (χ4v) is 5.85. The SMILES string of the molecule is CCCOC(=O)c1cc(OC(=O)NC2CCCCC2)c(OC(=O)NC2CCCCC2)c(OC(=O)NC2CCCCC2)c1. The van der Waals surface area contributed by atoms with E-state index in [0.717, 1.165) is 96.3 Å². The molecule has 0 radical (unpaired) electrons. The van der Waals surface area contributed by atoms with Crippen molar-refractivity contribution in [2.45, 2.75) is 128 Å². The Labute approximate surface area is 247 Å². The molecule has 0 atom stereocenters. The van der Waals surface area contributed by atoms with E-state index in [2.05, 4.69) is 16.0 Å². The van der Waals surface area contributed by atoms with Crippen LogP contribution in [0, 0.1) is 0 Å². The lowest BCUT2D eigenvalue weighted by atomic mass is 9.96. The number of carbonyl (C=O) groups excluding carboxylic acids is 4. The Kier molecular flexibility index (Phi) is 12.1. The highest BCUT2D eigenvalue weighted by molar-refractivity contribution is 5.92. The summed E-state index contributed by atoms with van der Waals surface area (Å²) in [5.41, 5.74) is -0.00979. The van der Waals surface area contributed by atoms with Crippen LogP contribution in [0.4, 0.5) is 14.4 Å². The van der Waals surface area contributed by atoms with Gasteiger partial charge in [0.15, 0.2) is 11.5 Å². The van der Waals surface area contributed by atoms with E-state index in [1.54, 1.807) is 0 Å². The van der Waals surface area contributed by atoms with Crippen molar-refractivity contribution in [1.29, 1.82) is 0 Å². The van der Waals surface area contributed by atoms with E-state index in [1.807, 2.05) is 6.92 Å². The third-order valence-electron chi connectivity index (χ3n) is 8.08. The van der Waals surface area contributed by atoms with Gasteiger partial charge < -0.3 is 34.9 Å². The Bertz CT molecular complexity index is 1020. The maximum Gasteiger partial charge on any atom is 0.413 e. The maximum atomic E-state index is 13.0. The minimum atomic E-state index is -0.765. The molecule has 11 heteroatoms. The van der Waals surface area contributed by atoms with E-state index < -0.39 is 24.2 Å². The number of ether oxygens (including phenoxy) is 4. The minimum absolute atomic E-state index is 0.00979. The van der Waals surface area contributed by atoms with Gasteiger partial charge in [-0.3, -0.25) is 0 Å². The Morgan fingerprint density at radius 2 is 1.00 bits per heavy atom. The third-order valence-corrected chi connectivity index (χ3v) is 8.08. The molecule has 3 aliphatic rings. The van der Waals surface area contributed by atoms with E-state index in [9.17, 15) is 19.2 Å². The molecule has 232 valence electrons. The van der Waals surface area contributed by atoms with Crippen LogP contribution >= 0.6 is 0 Å². The second kappa shape index (κ2) is 16.2. The number of amides is 3. The van der Waals surface area contributed by atoms with Crippen LogP contribution in [0.5, 0.6) is 17.2 Å². The number of nitrogens with one attached hydrogen (secondary N) is 3. The molecular weight excluding hydrogens is 542 g/mol. The number of esters is 1. The molecule has 3 aliphatic carbocycles. The van der Waals surface area contributed by atoms with Gasteiger partial charge in [-0.05, 0) is 57.1 Å². The minimum Gasteiger partial charge on any atom is -0.462 e. The smallest absolute Gasteiger partial charge is 0.413 e. The monoisotopic (exact) mass is 587 g/mol. The predicted octanol–water partition coefficient (Wildman–Crippen LogP) is 6.52. The molecule has 3 N–H and O–H groups in total. The van der Waals surface area contributed by atoms with Gasteiger partial charge in [-0.1, -0.05) is 64.7 Å². The summed E-state index contributed by atoms with van der Waals surface area (Å²) in [7, 11) is 0. The van der Waals surface area contributed by atoms with Crippen molar-refractivity contribution in [3.8, 4) is 17.2 Å². The number of rotatable bonds is 9. The average molecular weight is 588 g/mol. The first-order chi connectivity index (χ1) is 20.4. The molecule has 0 unspecified atom stereocenters. The molecule has 3 saturated carbocycles. The van der Waals surface area contributed by atoms with E-state index in [1.165, 1.54) is 12.1 Å². The topological polar surface area (TPSA) is 141 Å². The van der Waals surface area contributed by atoms with Crippen molar-refractivity contribution in [3.05, 3.63) is 17.7 Å². The normalized spacial score (nSPS) is 18.4. The van der Waals surface area contributed by atoms with Crippen LogP contribution in [0.3, 0.4) is 0 Å². The lowest BCUT2D eigenvalue weighted by molar-refractivity contribution is 0.0504. The van der Waals surface area contributed by atoms with Crippen molar-refractivity contribution < 1.29 is 38.1 Å². The first-order valence-corrected chi connectivity index (χ1v) is 15.7. The Morgan fingerprint density at radius 3 is 1.38 bits per heavy atom. The predicted molar refractivity (Wildman–Crippen MR) is 155 cm³/mol. The zero-order valence-corrected chi connectivity index (χ0v) is 24.7. The number of carbonyl (C=O) groups is 4. The molecule has 0 aromatic heterocycles. The molecular formula is C31H45N3O8. The summed E-state index contributed by atoms with van der Waals surface area (Å²) in [5.74, 6) is -1.42. The van der Waals surface area contributed by atoms with E-state index in [0.29, 0.717) is 6.42 Å². The number of benzene rings is 1. The van der Waals surface area contributed by atoms with Gasteiger partial charge in [0.25, 0.3) is 0 Å². The van der Waals surface area contributed by atoms with Gasteiger partial charge in [0.2, 0.25) is 5.75 Å². The van der Waals surface area contributed by atoms with Crippen LogP contribution in [-0.4, -0.2) is 49.0 Å². The Balaban J connectivity index is 1.61. The van der Waals surface area contributed by atoms with Crippen molar-refractivity contribution >= 4 is 24.2 Å². The van der Waals surface area contributed by atoms with Gasteiger partial charge in [0, 0.05) is 18.1 Å². The summed E-state index contributed by atoms with van der Waals surface area (Å²) < 4.78 is 22.2. The first-order valence-electron chi connectivity index (χ1n) is 15.7. The average Bonchev–Trinajstić information content (AvgIpc) is 2.98. The summed E-state index contributed by atoms with van der Waals surface area (Å²) in [5, 5.41) is 8.57. The first kappa shape index (κ1) is 31.4. The molecule has 4 rings (SSSR count). The van der Waals surface area contributed by atoms with Gasteiger partial charge in [-0.25, -0.2) is 19.2 Å². The highest BCUT2D eigenvalue weighted by Gasteiger charge is 2.28. The summed E-state index contributed by atoms with van der Waals surface area (Å²) >= 11 is 0. The molecule has 0 saturated heterocycles. The summed E-state index contributed by atoms with van der Waals surface area (Å²) in [6, 6.07) is 2.41. The fraction of sp³-hybridized carbons (Fsp3) is 0.677. The van der Waals surface area contributed by atoms with Crippen molar-refractivity contribution in [2.75, 3.05) is 6.61 Å². The van der Waals surface area contributed by atoms with Crippen molar-refractivity contribution in [2.24, 2.45) is 0 Å². The maximum absolute atomic E-state index is 13.0. The lowest BCUT2D eigenvalue weighted by Crippen LogP contribution is -2.39. The van der Waals surface area contributed by atoms with Crippen molar-refractivity contribution in [1.82, 2.24) is 16.0 Å². The van der Waals surface area contributed by atoms with Crippen LogP contribution < -0.4 is 30.2 Å². The zero-order chi connectivity index (χ0) is 29.7. The van der Waals surface area contributed by atoms with Crippen LogP contribution in [0.2, 0.25) is 0 Å². The second-order valence-corrected chi connectivity index (χ2v) is 11.5. The second-order valence-electron chi connectivity index (χ2n) is 11.5. The molecule has 11 nitrogen and oxygen atoms in total. The summed E-state index contributed by atoms with van der Waals surface area (Å²) in [6.45, 7) is 2.04. The fourth-order valence-electron chi connectivity index (χ4n) is 5.85. The van der Waals surface area contributed by atoms with Gasteiger partial charge >= 0.3 is 24.2 Å². The Hall–Kier alpha value is -3.50. The van der Waals surface area contributed by atoms with E-state index in [4.69, 9.17) is 18.9 Å².